The van der Waals surface area contributed by atoms with Crippen LogP contribution in [-0.4, -0.2) is 22.2 Å². The monoisotopic (exact) mass is 245 g/mol. The van der Waals surface area contributed by atoms with Crippen molar-refractivity contribution in [3.05, 3.63) is 42.2 Å². The number of H-pyrrole nitrogens is 1. The van der Waals surface area contributed by atoms with Crippen molar-refractivity contribution in [2.75, 3.05) is 0 Å². The van der Waals surface area contributed by atoms with Crippen molar-refractivity contribution < 1.29 is 14.6 Å². The number of ether oxygens (including phenoxy) is 1. The summed E-state index contributed by atoms with van der Waals surface area (Å²) >= 11 is 0. The smallest absolute Gasteiger partial charge is 0.337 e. The van der Waals surface area contributed by atoms with Gasteiger partial charge >= 0.3 is 5.97 Å². The minimum Gasteiger partial charge on any atom is -0.491 e. The standard InChI is InChI=1S/C14H15NO3/c1-9(2)18-11-5-3-4-10(6-11)12-7-15-8-13(12)14(16)17/h3-9,15H,1-2H3,(H,16,17). The van der Waals surface area contributed by atoms with E-state index in [1.807, 2.05) is 38.1 Å². The zero-order valence-corrected chi connectivity index (χ0v) is 10.3. The van der Waals surface area contributed by atoms with Crippen molar-refractivity contribution in [1.29, 1.82) is 0 Å². The van der Waals surface area contributed by atoms with Crippen LogP contribution in [0.4, 0.5) is 0 Å². The molecular formula is C14H15NO3. The van der Waals surface area contributed by atoms with Gasteiger partial charge in [0.25, 0.3) is 0 Å². The van der Waals surface area contributed by atoms with E-state index in [-0.39, 0.29) is 11.7 Å². The first kappa shape index (κ1) is 12.2. The molecule has 0 bridgehead atoms. The number of rotatable bonds is 4. The molecule has 4 heteroatoms. The van der Waals surface area contributed by atoms with Crippen LogP contribution in [0.3, 0.4) is 0 Å². The predicted octanol–water partition coefficient (Wildman–Crippen LogP) is 3.17. The van der Waals surface area contributed by atoms with Crippen LogP contribution in [0.5, 0.6) is 5.75 Å². The van der Waals surface area contributed by atoms with Gasteiger partial charge in [-0.1, -0.05) is 12.1 Å². The van der Waals surface area contributed by atoms with E-state index in [4.69, 9.17) is 9.84 Å². The molecule has 0 aliphatic heterocycles. The molecule has 2 aromatic rings. The fourth-order valence-electron chi connectivity index (χ4n) is 1.79. The van der Waals surface area contributed by atoms with Gasteiger partial charge in [-0.3, -0.25) is 0 Å². The SMILES string of the molecule is CC(C)Oc1cccc(-c2c[nH]cc2C(=O)O)c1. The van der Waals surface area contributed by atoms with Gasteiger partial charge in [0.2, 0.25) is 0 Å². The summed E-state index contributed by atoms with van der Waals surface area (Å²) < 4.78 is 5.60. The average Bonchev–Trinajstić information content (AvgIpc) is 2.77. The second kappa shape index (κ2) is 4.96. The normalized spacial score (nSPS) is 10.6. The molecule has 2 N–H and O–H groups in total. The first-order chi connectivity index (χ1) is 8.58. The number of benzene rings is 1. The van der Waals surface area contributed by atoms with Gasteiger partial charge in [0.15, 0.2) is 0 Å². The third-order valence-electron chi connectivity index (χ3n) is 2.49. The van der Waals surface area contributed by atoms with Crippen LogP contribution in [0, 0.1) is 0 Å². The number of hydrogen-bond donors (Lipinski definition) is 2. The molecule has 4 nitrogen and oxygen atoms in total. The Bertz CT molecular complexity index is 558. The molecule has 1 aromatic carbocycles. The second-order valence-corrected chi connectivity index (χ2v) is 4.28. The number of aromatic carboxylic acids is 1. The second-order valence-electron chi connectivity index (χ2n) is 4.28. The molecule has 0 aliphatic carbocycles. The highest BCUT2D eigenvalue weighted by atomic mass is 16.5. The third-order valence-corrected chi connectivity index (χ3v) is 2.49. The van der Waals surface area contributed by atoms with Gasteiger partial charge in [0, 0.05) is 18.0 Å². The van der Waals surface area contributed by atoms with Gasteiger partial charge in [-0.2, -0.15) is 0 Å². The van der Waals surface area contributed by atoms with Gasteiger partial charge < -0.3 is 14.8 Å². The molecule has 94 valence electrons. The number of nitrogens with one attached hydrogen (secondary N) is 1. The van der Waals surface area contributed by atoms with E-state index in [0.717, 1.165) is 11.3 Å². The van der Waals surface area contributed by atoms with Crippen LogP contribution >= 0.6 is 0 Å². The van der Waals surface area contributed by atoms with Crippen molar-refractivity contribution in [1.82, 2.24) is 4.98 Å². The van der Waals surface area contributed by atoms with Crippen molar-refractivity contribution in [2.45, 2.75) is 20.0 Å². The Hall–Kier alpha value is -2.23. The van der Waals surface area contributed by atoms with Gasteiger partial charge in [-0.25, -0.2) is 4.79 Å². The summed E-state index contributed by atoms with van der Waals surface area (Å²) in [5.74, 6) is -0.207. The highest BCUT2D eigenvalue weighted by Crippen LogP contribution is 2.27. The van der Waals surface area contributed by atoms with E-state index >= 15 is 0 Å². The minimum atomic E-state index is -0.943. The molecule has 18 heavy (non-hydrogen) atoms. The molecular weight excluding hydrogens is 230 g/mol. The lowest BCUT2D eigenvalue weighted by atomic mass is 10.0. The Morgan fingerprint density at radius 3 is 2.78 bits per heavy atom. The van der Waals surface area contributed by atoms with E-state index < -0.39 is 5.97 Å². The van der Waals surface area contributed by atoms with E-state index in [2.05, 4.69) is 4.98 Å². The lowest BCUT2D eigenvalue weighted by Gasteiger charge is -2.10. The summed E-state index contributed by atoms with van der Waals surface area (Å²) in [5, 5.41) is 9.08. The summed E-state index contributed by atoms with van der Waals surface area (Å²) in [5.41, 5.74) is 1.75. The summed E-state index contributed by atoms with van der Waals surface area (Å²) in [7, 11) is 0. The fourth-order valence-corrected chi connectivity index (χ4v) is 1.79. The number of aromatic nitrogens is 1. The number of carbonyl (C=O) groups is 1. The van der Waals surface area contributed by atoms with Crippen molar-refractivity contribution in [3.63, 3.8) is 0 Å². The van der Waals surface area contributed by atoms with Crippen LogP contribution in [0.2, 0.25) is 0 Å². The summed E-state index contributed by atoms with van der Waals surface area (Å²) in [6.07, 6.45) is 3.25. The molecule has 0 saturated heterocycles. The number of hydrogen-bond acceptors (Lipinski definition) is 2. The van der Waals surface area contributed by atoms with Crippen LogP contribution in [0.1, 0.15) is 24.2 Å². The number of carboxylic acid groups (broad SMARTS) is 1. The molecule has 1 aromatic heterocycles. The predicted molar refractivity (Wildman–Crippen MR) is 69.0 cm³/mol. The molecule has 0 radical (unpaired) electrons. The lowest BCUT2D eigenvalue weighted by Crippen LogP contribution is -2.05. The van der Waals surface area contributed by atoms with E-state index in [0.29, 0.717) is 5.56 Å². The van der Waals surface area contributed by atoms with E-state index in [1.54, 1.807) is 6.20 Å². The van der Waals surface area contributed by atoms with Gasteiger partial charge in [-0.05, 0) is 31.5 Å². The maximum Gasteiger partial charge on any atom is 0.337 e. The molecule has 0 saturated carbocycles. The Morgan fingerprint density at radius 2 is 2.11 bits per heavy atom. The van der Waals surface area contributed by atoms with Gasteiger partial charge in [0.1, 0.15) is 5.75 Å². The average molecular weight is 245 g/mol. The summed E-state index contributed by atoms with van der Waals surface area (Å²) in [6.45, 7) is 3.90. The zero-order chi connectivity index (χ0) is 13.1. The minimum absolute atomic E-state index is 0.0884. The Balaban J connectivity index is 2.38. The Morgan fingerprint density at radius 1 is 1.33 bits per heavy atom. The van der Waals surface area contributed by atoms with Gasteiger partial charge in [0.05, 0.1) is 11.7 Å². The fraction of sp³-hybridized carbons (Fsp3) is 0.214. The molecule has 1 heterocycles. The maximum absolute atomic E-state index is 11.1. The molecule has 2 rings (SSSR count). The third kappa shape index (κ3) is 2.53. The zero-order valence-electron chi connectivity index (χ0n) is 10.3. The van der Waals surface area contributed by atoms with Crippen molar-refractivity contribution in [3.8, 4) is 16.9 Å². The van der Waals surface area contributed by atoms with Crippen LogP contribution in [0.15, 0.2) is 36.7 Å². The van der Waals surface area contributed by atoms with Crippen LogP contribution < -0.4 is 4.74 Å². The lowest BCUT2D eigenvalue weighted by molar-refractivity contribution is 0.0698. The highest BCUT2D eigenvalue weighted by Gasteiger charge is 2.13. The van der Waals surface area contributed by atoms with Gasteiger partial charge in [-0.15, -0.1) is 0 Å². The molecule has 0 unspecified atom stereocenters. The van der Waals surface area contributed by atoms with E-state index in [1.165, 1.54) is 6.20 Å². The quantitative estimate of drug-likeness (QED) is 0.869. The van der Waals surface area contributed by atoms with Crippen LogP contribution in [0.25, 0.3) is 11.1 Å². The number of aromatic amines is 1. The molecule has 0 aliphatic rings. The molecule has 0 amide bonds. The molecule has 0 fully saturated rings. The largest absolute Gasteiger partial charge is 0.491 e. The van der Waals surface area contributed by atoms with Crippen LogP contribution in [-0.2, 0) is 0 Å². The number of carboxylic acids is 1. The van der Waals surface area contributed by atoms with Crippen molar-refractivity contribution >= 4 is 5.97 Å². The first-order valence-electron chi connectivity index (χ1n) is 5.75. The first-order valence-corrected chi connectivity index (χ1v) is 5.75. The summed E-state index contributed by atoms with van der Waals surface area (Å²) in [4.78, 5) is 13.9. The highest BCUT2D eigenvalue weighted by molar-refractivity contribution is 5.95. The van der Waals surface area contributed by atoms with E-state index in [9.17, 15) is 4.79 Å². The Labute approximate surface area is 105 Å². The van der Waals surface area contributed by atoms with Crippen molar-refractivity contribution in [2.24, 2.45) is 0 Å². The maximum atomic E-state index is 11.1. The topological polar surface area (TPSA) is 62.3 Å². The molecule has 0 atom stereocenters. The molecule has 0 spiro atoms. The Kier molecular flexibility index (Phi) is 3.37. The summed E-state index contributed by atoms with van der Waals surface area (Å²) in [6, 6.07) is 7.42.